The van der Waals surface area contributed by atoms with E-state index in [1.165, 1.54) is 18.9 Å². The molecule has 0 saturated heterocycles. The number of aromatic nitrogens is 3. The molecule has 0 atom stereocenters. The molecule has 9 nitrogen and oxygen atoms in total. The van der Waals surface area contributed by atoms with Gasteiger partial charge in [-0.1, -0.05) is 18.2 Å². The molecule has 9 heteroatoms. The van der Waals surface area contributed by atoms with Crippen LogP contribution in [0.5, 0.6) is 0 Å². The molecule has 0 bridgehead atoms. The van der Waals surface area contributed by atoms with Gasteiger partial charge in [-0.15, -0.1) is 0 Å². The minimum Gasteiger partial charge on any atom is -0.451 e. The number of ether oxygens (including phenoxy) is 1. The zero-order chi connectivity index (χ0) is 22.1. The standard InChI is InChI=1S/C23H20N6O3/c1-32-23(31)29-21-7-3-5-19(18(21)14-25-29)26-22(30)27-28-13-10-17-16(4-2-6-20(17)28)15-8-11-24-12-9-15/h2-9,11-12,14H,10,13H2,1H3,(H2,26,27,30). The first-order valence-electron chi connectivity index (χ1n) is 10.1. The van der Waals surface area contributed by atoms with Gasteiger partial charge in [0.05, 0.1) is 30.2 Å². The molecule has 2 N–H and O–H groups in total. The molecule has 160 valence electrons. The third kappa shape index (κ3) is 3.39. The van der Waals surface area contributed by atoms with Gasteiger partial charge in [0.15, 0.2) is 0 Å². The van der Waals surface area contributed by atoms with E-state index in [2.05, 4.69) is 26.9 Å². The molecule has 0 fully saturated rings. The van der Waals surface area contributed by atoms with Crippen molar-refractivity contribution < 1.29 is 14.3 Å². The SMILES string of the molecule is COC(=O)n1ncc2c(NC(=O)NN3CCc4c(-c5ccncc5)cccc43)cccc21. The number of methoxy groups -OCH3 is 1. The second-order valence-electron chi connectivity index (χ2n) is 7.27. The Bertz CT molecular complexity index is 1320. The van der Waals surface area contributed by atoms with Crippen LogP contribution < -0.4 is 15.8 Å². The van der Waals surface area contributed by atoms with E-state index < -0.39 is 6.09 Å². The summed E-state index contributed by atoms with van der Waals surface area (Å²) in [6, 6.07) is 14.9. The van der Waals surface area contributed by atoms with Gasteiger partial charge in [-0.2, -0.15) is 9.78 Å². The maximum atomic E-state index is 12.8. The minimum absolute atomic E-state index is 0.384. The summed E-state index contributed by atoms with van der Waals surface area (Å²) in [6.45, 7) is 0.662. The molecule has 0 aliphatic carbocycles. The molecule has 3 heterocycles. The number of hydrogen-bond acceptors (Lipinski definition) is 6. The van der Waals surface area contributed by atoms with Crippen molar-refractivity contribution in [1.29, 1.82) is 0 Å². The lowest BCUT2D eigenvalue weighted by molar-refractivity contribution is 0.170. The molecule has 1 aliphatic heterocycles. The van der Waals surface area contributed by atoms with Crippen molar-refractivity contribution in [3.8, 4) is 11.1 Å². The van der Waals surface area contributed by atoms with Crippen LogP contribution in [0.25, 0.3) is 22.0 Å². The summed E-state index contributed by atoms with van der Waals surface area (Å²) in [5.41, 5.74) is 8.38. The fourth-order valence-electron chi connectivity index (χ4n) is 4.02. The van der Waals surface area contributed by atoms with Gasteiger partial charge in [0, 0.05) is 24.3 Å². The topological polar surface area (TPSA) is 101 Å². The number of urea groups is 1. The minimum atomic E-state index is -0.597. The normalized spacial score (nSPS) is 12.5. The van der Waals surface area contributed by atoms with Crippen LogP contribution in [0.3, 0.4) is 0 Å². The molecule has 0 saturated carbocycles. The molecular formula is C23H20N6O3. The molecule has 32 heavy (non-hydrogen) atoms. The Morgan fingerprint density at radius 1 is 1.06 bits per heavy atom. The Labute approximate surface area is 183 Å². The molecule has 4 aromatic rings. The number of pyridine rings is 1. The predicted octanol–water partition coefficient (Wildman–Crippen LogP) is 3.81. The summed E-state index contributed by atoms with van der Waals surface area (Å²) >= 11 is 0. The van der Waals surface area contributed by atoms with Gasteiger partial charge < -0.3 is 10.1 Å². The number of fused-ring (bicyclic) bond motifs is 2. The van der Waals surface area contributed by atoms with E-state index in [4.69, 9.17) is 4.74 Å². The lowest BCUT2D eigenvalue weighted by atomic mass is 9.99. The van der Waals surface area contributed by atoms with Gasteiger partial charge in [0.1, 0.15) is 0 Å². The van der Waals surface area contributed by atoms with Gasteiger partial charge >= 0.3 is 12.1 Å². The van der Waals surface area contributed by atoms with Crippen LogP contribution in [-0.2, 0) is 11.2 Å². The van der Waals surface area contributed by atoms with E-state index in [0.29, 0.717) is 23.1 Å². The maximum Gasteiger partial charge on any atom is 0.434 e. The molecule has 2 aromatic carbocycles. The molecular weight excluding hydrogens is 408 g/mol. The number of carbonyl (C=O) groups excluding carboxylic acids is 2. The monoisotopic (exact) mass is 428 g/mol. The Kier molecular flexibility index (Phi) is 4.91. The van der Waals surface area contributed by atoms with Gasteiger partial charge in [-0.25, -0.2) is 15.0 Å². The number of carbonyl (C=O) groups is 2. The first kappa shape index (κ1) is 19.6. The van der Waals surface area contributed by atoms with Gasteiger partial charge in [-0.05, 0) is 53.4 Å². The first-order chi connectivity index (χ1) is 15.7. The van der Waals surface area contributed by atoms with Crippen molar-refractivity contribution in [2.45, 2.75) is 6.42 Å². The summed E-state index contributed by atoms with van der Waals surface area (Å²) in [6.07, 6.45) is 5.29. The quantitative estimate of drug-likeness (QED) is 0.515. The first-order valence-corrected chi connectivity index (χ1v) is 10.1. The third-order valence-corrected chi connectivity index (χ3v) is 5.46. The Balaban J connectivity index is 1.36. The van der Waals surface area contributed by atoms with Gasteiger partial charge in [0.2, 0.25) is 0 Å². The van der Waals surface area contributed by atoms with E-state index in [0.717, 1.165) is 27.9 Å². The highest BCUT2D eigenvalue weighted by atomic mass is 16.5. The third-order valence-electron chi connectivity index (χ3n) is 5.46. The summed E-state index contributed by atoms with van der Waals surface area (Å²) in [7, 11) is 1.29. The van der Waals surface area contributed by atoms with Gasteiger partial charge in [0.25, 0.3) is 0 Å². The Morgan fingerprint density at radius 3 is 2.69 bits per heavy atom. The molecule has 5 rings (SSSR count). The highest BCUT2D eigenvalue weighted by Crippen LogP contribution is 2.35. The number of anilines is 2. The largest absolute Gasteiger partial charge is 0.451 e. The van der Waals surface area contributed by atoms with E-state index in [1.54, 1.807) is 30.6 Å². The number of benzene rings is 2. The second kappa shape index (κ2) is 8.03. The van der Waals surface area contributed by atoms with Crippen molar-refractivity contribution >= 4 is 34.4 Å². The van der Waals surface area contributed by atoms with E-state index >= 15 is 0 Å². The average Bonchev–Trinajstić information content (AvgIpc) is 3.44. The number of hydrazine groups is 1. The van der Waals surface area contributed by atoms with Crippen LogP contribution >= 0.6 is 0 Å². The average molecular weight is 428 g/mol. The van der Waals surface area contributed by atoms with Crippen LogP contribution in [0, 0.1) is 0 Å². The fourth-order valence-corrected chi connectivity index (χ4v) is 4.02. The van der Waals surface area contributed by atoms with Gasteiger partial charge in [-0.3, -0.25) is 9.99 Å². The summed E-state index contributed by atoms with van der Waals surface area (Å²) < 4.78 is 5.89. The molecule has 0 unspecified atom stereocenters. The number of rotatable bonds is 3. The smallest absolute Gasteiger partial charge is 0.434 e. The van der Waals surface area contributed by atoms with Crippen LogP contribution in [0.1, 0.15) is 5.56 Å². The zero-order valence-corrected chi connectivity index (χ0v) is 17.3. The van der Waals surface area contributed by atoms with E-state index in [1.807, 2.05) is 29.3 Å². The lowest BCUT2D eigenvalue weighted by Gasteiger charge is -2.21. The Hall–Kier alpha value is -4.40. The maximum absolute atomic E-state index is 12.8. The second-order valence-corrected chi connectivity index (χ2v) is 7.27. The molecule has 1 aliphatic rings. The summed E-state index contributed by atoms with van der Waals surface area (Å²) in [5, 5.41) is 9.39. The highest BCUT2D eigenvalue weighted by molar-refractivity contribution is 6.02. The van der Waals surface area contributed by atoms with Crippen LogP contribution in [0.2, 0.25) is 0 Å². The van der Waals surface area contributed by atoms with Crippen molar-refractivity contribution in [1.82, 2.24) is 20.2 Å². The number of hydrogen-bond donors (Lipinski definition) is 2. The van der Waals surface area contributed by atoms with Crippen molar-refractivity contribution in [2.24, 2.45) is 0 Å². The van der Waals surface area contributed by atoms with Crippen molar-refractivity contribution in [3.63, 3.8) is 0 Å². The highest BCUT2D eigenvalue weighted by Gasteiger charge is 2.24. The number of amides is 2. The van der Waals surface area contributed by atoms with Crippen LogP contribution in [-0.4, -0.2) is 40.5 Å². The van der Waals surface area contributed by atoms with Crippen LogP contribution in [0.15, 0.2) is 67.1 Å². The molecule has 0 radical (unpaired) electrons. The molecule has 2 aromatic heterocycles. The molecule has 2 amide bonds. The number of nitrogens with one attached hydrogen (secondary N) is 2. The van der Waals surface area contributed by atoms with Crippen molar-refractivity contribution in [2.75, 3.05) is 24.0 Å². The van der Waals surface area contributed by atoms with Crippen LogP contribution in [0.4, 0.5) is 21.0 Å². The fraction of sp³-hybridized carbons (Fsp3) is 0.130. The van der Waals surface area contributed by atoms with E-state index in [-0.39, 0.29) is 6.03 Å². The van der Waals surface area contributed by atoms with Crippen molar-refractivity contribution in [3.05, 3.63) is 72.7 Å². The zero-order valence-electron chi connectivity index (χ0n) is 17.3. The Morgan fingerprint density at radius 2 is 1.88 bits per heavy atom. The predicted molar refractivity (Wildman–Crippen MR) is 120 cm³/mol. The summed E-state index contributed by atoms with van der Waals surface area (Å²) in [5.74, 6) is 0. The summed E-state index contributed by atoms with van der Waals surface area (Å²) in [4.78, 5) is 28.7. The lowest BCUT2D eigenvalue weighted by Crippen LogP contribution is -2.43. The molecule has 0 spiro atoms. The van der Waals surface area contributed by atoms with E-state index in [9.17, 15) is 9.59 Å². The number of nitrogens with zero attached hydrogens (tertiary/aromatic N) is 4.